The van der Waals surface area contributed by atoms with E-state index in [2.05, 4.69) is 6.58 Å². The van der Waals surface area contributed by atoms with Gasteiger partial charge in [-0.1, -0.05) is 18.7 Å². The highest BCUT2D eigenvalue weighted by Crippen LogP contribution is 2.62. The Kier molecular flexibility index (Phi) is 5.49. The van der Waals surface area contributed by atoms with Gasteiger partial charge in [0.2, 0.25) is 6.29 Å². The fraction of sp³-hybridized carbons (Fsp3) is 0.591. The molecule has 0 N–H and O–H groups in total. The molecule has 5 nitrogen and oxygen atoms in total. The Bertz CT molecular complexity index is 963. The van der Waals surface area contributed by atoms with Crippen molar-refractivity contribution in [2.24, 2.45) is 23.2 Å². The maximum Gasteiger partial charge on any atom is 0.422 e. The highest BCUT2D eigenvalue weighted by molar-refractivity contribution is 7.86. The molecule has 0 aliphatic heterocycles. The van der Waals surface area contributed by atoms with Gasteiger partial charge < -0.3 is 4.74 Å². The summed E-state index contributed by atoms with van der Waals surface area (Å²) in [6, 6.07) is 6.00. The molecule has 0 saturated heterocycles. The number of esters is 1. The third-order valence-corrected chi connectivity index (χ3v) is 8.14. The minimum Gasteiger partial charge on any atom is -0.430 e. The summed E-state index contributed by atoms with van der Waals surface area (Å²) in [7, 11) is -4.37. The van der Waals surface area contributed by atoms with Gasteiger partial charge in [-0.15, -0.1) is 0 Å². The summed E-state index contributed by atoms with van der Waals surface area (Å²) in [4.78, 5) is 12.1. The summed E-state index contributed by atoms with van der Waals surface area (Å²) in [5.74, 6) is -0.691. The predicted octanol–water partition coefficient (Wildman–Crippen LogP) is 4.90. The van der Waals surface area contributed by atoms with Gasteiger partial charge in [0.1, 0.15) is 5.57 Å². The first-order valence-corrected chi connectivity index (χ1v) is 11.8. The SMILES string of the molecule is C=C(C(=O)OC(OS(=O)(=O)c1cccc(C)c1)C12CC3CC(CC(C3)C1)C2)C(F)(F)F. The lowest BCUT2D eigenvalue weighted by molar-refractivity contribution is -0.216. The molecule has 0 heterocycles. The molecule has 1 unspecified atom stereocenters. The number of rotatable bonds is 6. The molecule has 5 rings (SSSR count). The highest BCUT2D eigenvalue weighted by Gasteiger charge is 2.57. The second kappa shape index (κ2) is 7.62. The Hall–Kier alpha value is -1.87. The molecular weight excluding hydrogens is 433 g/mol. The third kappa shape index (κ3) is 4.39. The summed E-state index contributed by atoms with van der Waals surface area (Å²) in [5.41, 5.74) is -1.81. The van der Waals surface area contributed by atoms with Gasteiger partial charge in [-0.05, 0) is 80.9 Å². The number of carbonyl (C=O) groups excluding carboxylic acids is 1. The normalized spacial score (nSPS) is 30.8. The molecule has 4 aliphatic carbocycles. The molecule has 170 valence electrons. The molecule has 1 atom stereocenters. The first kappa shape index (κ1) is 22.3. The second-order valence-electron chi connectivity index (χ2n) is 9.36. The maximum absolute atomic E-state index is 13.0. The molecule has 31 heavy (non-hydrogen) atoms. The van der Waals surface area contributed by atoms with Crippen molar-refractivity contribution >= 4 is 16.1 Å². The Morgan fingerprint density at radius 3 is 2.16 bits per heavy atom. The lowest BCUT2D eigenvalue weighted by Gasteiger charge is -2.57. The fourth-order valence-electron chi connectivity index (χ4n) is 5.94. The summed E-state index contributed by atoms with van der Waals surface area (Å²) in [6.07, 6.45) is -1.85. The van der Waals surface area contributed by atoms with Crippen molar-refractivity contribution < 1.29 is 35.3 Å². The van der Waals surface area contributed by atoms with Gasteiger partial charge in [0.15, 0.2) is 0 Å². The molecular formula is C22H25F3O5S. The van der Waals surface area contributed by atoms with Gasteiger partial charge in [0.05, 0.1) is 4.90 Å². The van der Waals surface area contributed by atoms with Crippen molar-refractivity contribution in [3.63, 3.8) is 0 Å². The first-order valence-electron chi connectivity index (χ1n) is 10.3. The van der Waals surface area contributed by atoms with Crippen LogP contribution in [0.25, 0.3) is 0 Å². The average Bonchev–Trinajstić information content (AvgIpc) is 2.65. The number of carbonyl (C=O) groups is 1. The van der Waals surface area contributed by atoms with E-state index >= 15 is 0 Å². The van der Waals surface area contributed by atoms with Crippen LogP contribution in [0.4, 0.5) is 13.2 Å². The Labute approximate surface area is 179 Å². The molecule has 1 aromatic carbocycles. The van der Waals surface area contributed by atoms with Gasteiger partial charge in [-0.2, -0.15) is 21.6 Å². The van der Waals surface area contributed by atoms with Crippen molar-refractivity contribution in [3.8, 4) is 0 Å². The number of halogens is 3. The number of aryl methyl sites for hydroxylation is 1. The van der Waals surface area contributed by atoms with Crippen LogP contribution in [-0.2, 0) is 23.8 Å². The van der Waals surface area contributed by atoms with Gasteiger partial charge in [-0.25, -0.2) is 8.98 Å². The van der Waals surface area contributed by atoms with Crippen LogP contribution in [-0.4, -0.2) is 26.9 Å². The van der Waals surface area contributed by atoms with Crippen LogP contribution in [0.2, 0.25) is 0 Å². The summed E-state index contributed by atoms with van der Waals surface area (Å²) < 4.78 is 75.5. The highest BCUT2D eigenvalue weighted by atomic mass is 32.2. The topological polar surface area (TPSA) is 69.7 Å². The van der Waals surface area contributed by atoms with Crippen LogP contribution in [0.15, 0.2) is 41.3 Å². The fourth-order valence-corrected chi connectivity index (χ4v) is 7.10. The van der Waals surface area contributed by atoms with E-state index in [-0.39, 0.29) is 4.90 Å². The van der Waals surface area contributed by atoms with Crippen LogP contribution in [0.3, 0.4) is 0 Å². The van der Waals surface area contributed by atoms with E-state index in [0.717, 1.165) is 19.3 Å². The number of hydrogen-bond donors (Lipinski definition) is 0. The van der Waals surface area contributed by atoms with Gasteiger partial charge >= 0.3 is 12.1 Å². The van der Waals surface area contributed by atoms with E-state index in [1.54, 1.807) is 19.1 Å². The molecule has 4 saturated carbocycles. The van der Waals surface area contributed by atoms with Crippen LogP contribution in [0, 0.1) is 30.1 Å². The van der Waals surface area contributed by atoms with Crippen molar-refractivity contribution in [2.45, 2.75) is 62.8 Å². The second-order valence-corrected chi connectivity index (χ2v) is 10.9. The zero-order chi connectivity index (χ0) is 22.6. The van der Waals surface area contributed by atoms with Crippen molar-refractivity contribution in [1.82, 2.24) is 0 Å². The number of hydrogen-bond acceptors (Lipinski definition) is 5. The molecule has 0 radical (unpaired) electrons. The smallest absolute Gasteiger partial charge is 0.422 e. The number of ether oxygens (including phenoxy) is 1. The molecule has 0 aromatic heterocycles. The number of alkyl halides is 3. The van der Waals surface area contributed by atoms with Crippen molar-refractivity contribution in [2.75, 3.05) is 0 Å². The lowest BCUT2D eigenvalue weighted by atomic mass is 9.49. The van der Waals surface area contributed by atoms with Gasteiger partial charge in [0, 0.05) is 5.41 Å². The van der Waals surface area contributed by atoms with Crippen LogP contribution < -0.4 is 0 Å². The van der Waals surface area contributed by atoms with Gasteiger partial charge in [-0.3, -0.25) is 0 Å². The van der Waals surface area contributed by atoms with Crippen molar-refractivity contribution in [3.05, 3.63) is 42.0 Å². The monoisotopic (exact) mass is 458 g/mol. The van der Waals surface area contributed by atoms with E-state index in [1.165, 1.54) is 12.1 Å². The van der Waals surface area contributed by atoms with Crippen LogP contribution in [0.5, 0.6) is 0 Å². The zero-order valence-corrected chi connectivity index (χ0v) is 18.0. The van der Waals surface area contributed by atoms with Crippen LogP contribution >= 0.6 is 0 Å². The lowest BCUT2D eigenvalue weighted by Crippen LogP contribution is -2.54. The average molecular weight is 458 g/mol. The Morgan fingerprint density at radius 2 is 1.68 bits per heavy atom. The maximum atomic E-state index is 13.0. The van der Waals surface area contributed by atoms with E-state index in [1.807, 2.05) is 0 Å². The molecule has 0 spiro atoms. The molecule has 9 heteroatoms. The molecule has 1 aromatic rings. The molecule has 4 fully saturated rings. The summed E-state index contributed by atoms with van der Waals surface area (Å²) in [6.45, 7) is 4.50. The first-order chi connectivity index (χ1) is 14.4. The quantitative estimate of drug-likeness (QED) is 0.262. The van der Waals surface area contributed by atoms with Gasteiger partial charge in [0.25, 0.3) is 10.1 Å². The molecule has 4 aliphatic rings. The largest absolute Gasteiger partial charge is 0.430 e. The summed E-state index contributed by atoms with van der Waals surface area (Å²) >= 11 is 0. The molecule has 0 amide bonds. The van der Waals surface area contributed by atoms with E-state index in [9.17, 15) is 26.4 Å². The van der Waals surface area contributed by atoms with Crippen molar-refractivity contribution in [1.29, 1.82) is 0 Å². The van der Waals surface area contributed by atoms with E-state index < -0.39 is 39.5 Å². The zero-order valence-electron chi connectivity index (χ0n) is 17.2. The number of benzene rings is 1. The minimum absolute atomic E-state index is 0.132. The van der Waals surface area contributed by atoms with E-state index in [0.29, 0.717) is 42.6 Å². The standard InChI is InChI=1S/C22H25F3O5S/c1-13-4-3-5-18(6-13)31(27,28)30-20(29-19(26)14(2)22(23,24)25)21-10-15-7-16(11-21)9-17(8-15)12-21/h3-6,15-17,20H,2,7-12H2,1H3. The Morgan fingerprint density at radius 1 is 1.13 bits per heavy atom. The third-order valence-electron chi connectivity index (χ3n) is 6.88. The van der Waals surface area contributed by atoms with E-state index in [4.69, 9.17) is 8.92 Å². The predicted molar refractivity (Wildman–Crippen MR) is 105 cm³/mol. The Balaban J connectivity index is 1.66. The van der Waals surface area contributed by atoms with Crippen LogP contribution in [0.1, 0.15) is 44.1 Å². The minimum atomic E-state index is -4.97. The summed E-state index contributed by atoms with van der Waals surface area (Å²) in [5, 5.41) is 0. The molecule has 4 bridgehead atoms.